The first-order valence-corrected chi connectivity index (χ1v) is 16.5. The molecule has 0 aromatic heterocycles. The molecule has 3 aromatic rings. The van der Waals surface area contributed by atoms with Crippen LogP contribution in [-0.4, -0.2) is 0 Å². The Morgan fingerprint density at radius 3 is 1.67 bits per heavy atom. The van der Waals surface area contributed by atoms with Crippen LogP contribution in [0.3, 0.4) is 0 Å². The van der Waals surface area contributed by atoms with Gasteiger partial charge in [0.25, 0.3) is 0 Å². The molecule has 0 atom stereocenters. The van der Waals surface area contributed by atoms with E-state index in [4.69, 9.17) is 0 Å². The van der Waals surface area contributed by atoms with Crippen molar-refractivity contribution < 1.29 is 17.6 Å². The predicted molar refractivity (Wildman–Crippen MR) is 165 cm³/mol. The van der Waals surface area contributed by atoms with Gasteiger partial charge in [-0.15, -0.1) is 0 Å². The Morgan fingerprint density at radius 1 is 0.548 bits per heavy atom. The molecule has 5 rings (SSSR count). The molecule has 2 aliphatic rings. The van der Waals surface area contributed by atoms with Crippen molar-refractivity contribution in [2.24, 2.45) is 17.8 Å². The van der Waals surface area contributed by atoms with Gasteiger partial charge in [-0.25, -0.2) is 17.6 Å². The van der Waals surface area contributed by atoms with Crippen molar-refractivity contribution in [1.29, 1.82) is 0 Å². The van der Waals surface area contributed by atoms with Crippen molar-refractivity contribution in [3.63, 3.8) is 0 Å². The highest BCUT2D eigenvalue weighted by Gasteiger charge is 2.32. The second-order valence-corrected chi connectivity index (χ2v) is 12.9. The molecule has 0 nitrogen and oxygen atoms in total. The monoisotopic (exact) mass is 578 g/mol. The number of benzene rings is 3. The van der Waals surface area contributed by atoms with Crippen LogP contribution in [0.2, 0.25) is 0 Å². The third-order valence-electron chi connectivity index (χ3n) is 10.3. The molecule has 2 saturated carbocycles. The fourth-order valence-corrected chi connectivity index (χ4v) is 7.74. The summed E-state index contributed by atoms with van der Waals surface area (Å²) in [6.07, 6.45) is 16.1. The molecule has 0 radical (unpaired) electrons. The molecule has 0 N–H and O–H groups in total. The molecule has 2 fully saturated rings. The second kappa shape index (κ2) is 14.2. The third kappa shape index (κ3) is 6.79. The molecular weight excluding hydrogens is 532 g/mol. The average molecular weight is 579 g/mol. The molecule has 0 spiro atoms. The van der Waals surface area contributed by atoms with Gasteiger partial charge < -0.3 is 0 Å². The van der Waals surface area contributed by atoms with E-state index in [2.05, 4.69) is 6.92 Å². The maximum atomic E-state index is 15.4. The first-order valence-electron chi connectivity index (χ1n) is 16.5. The first-order chi connectivity index (χ1) is 20.4. The number of halogens is 4. The van der Waals surface area contributed by atoms with E-state index in [1.54, 1.807) is 48.5 Å². The molecule has 0 heterocycles. The van der Waals surface area contributed by atoms with Crippen LogP contribution < -0.4 is 0 Å². The van der Waals surface area contributed by atoms with Gasteiger partial charge in [-0.2, -0.15) is 0 Å². The van der Waals surface area contributed by atoms with Gasteiger partial charge in [0.2, 0.25) is 0 Å². The SMILES string of the molecule is CCCCCC1CCC(C2CCC(c3ccc(-c4ccc(-c5ccc(CCC)c(F)c5F)cc4)c(F)c3F)CC2)CC1. The van der Waals surface area contributed by atoms with Crippen LogP contribution in [0, 0.1) is 41.0 Å². The smallest absolute Gasteiger partial charge is 0.166 e. The second-order valence-electron chi connectivity index (χ2n) is 12.9. The lowest BCUT2D eigenvalue weighted by Crippen LogP contribution is -2.25. The van der Waals surface area contributed by atoms with Gasteiger partial charge in [0, 0.05) is 11.1 Å². The number of hydrogen-bond acceptors (Lipinski definition) is 0. The van der Waals surface area contributed by atoms with Crippen LogP contribution in [0.4, 0.5) is 17.6 Å². The van der Waals surface area contributed by atoms with E-state index >= 15 is 8.78 Å². The van der Waals surface area contributed by atoms with Gasteiger partial charge in [-0.1, -0.05) is 107 Å². The van der Waals surface area contributed by atoms with E-state index < -0.39 is 23.3 Å². The quantitative estimate of drug-likeness (QED) is 0.166. The molecule has 3 aromatic carbocycles. The van der Waals surface area contributed by atoms with Crippen molar-refractivity contribution in [1.82, 2.24) is 0 Å². The minimum atomic E-state index is -0.875. The van der Waals surface area contributed by atoms with Crippen molar-refractivity contribution >= 4 is 0 Å². The summed E-state index contributed by atoms with van der Waals surface area (Å²) in [6.45, 7) is 4.19. The molecule has 0 unspecified atom stereocenters. The van der Waals surface area contributed by atoms with Crippen LogP contribution >= 0.6 is 0 Å². The highest BCUT2D eigenvalue weighted by molar-refractivity contribution is 5.71. The van der Waals surface area contributed by atoms with Gasteiger partial charge in [0.1, 0.15) is 0 Å². The summed E-state index contributed by atoms with van der Waals surface area (Å²) in [5.74, 6) is -0.758. The lowest BCUT2D eigenvalue weighted by atomic mass is 9.68. The highest BCUT2D eigenvalue weighted by Crippen LogP contribution is 2.45. The summed E-state index contributed by atoms with van der Waals surface area (Å²) in [5, 5.41) is 0. The fourth-order valence-electron chi connectivity index (χ4n) is 7.74. The Bertz CT molecular complexity index is 1310. The molecule has 0 saturated heterocycles. The van der Waals surface area contributed by atoms with E-state index in [1.165, 1.54) is 51.4 Å². The maximum absolute atomic E-state index is 15.4. The largest absolute Gasteiger partial charge is 0.203 e. The van der Waals surface area contributed by atoms with E-state index in [9.17, 15) is 8.78 Å². The Balaban J connectivity index is 1.21. The number of unbranched alkanes of at least 4 members (excludes halogenated alkanes) is 2. The summed E-state index contributed by atoms with van der Waals surface area (Å²) < 4.78 is 60.0. The maximum Gasteiger partial charge on any atom is 0.166 e. The van der Waals surface area contributed by atoms with Gasteiger partial charge in [-0.3, -0.25) is 0 Å². The topological polar surface area (TPSA) is 0 Å². The molecule has 4 heteroatoms. The third-order valence-corrected chi connectivity index (χ3v) is 10.3. The van der Waals surface area contributed by atoms with Crippen LogP contribution in [0.1, 0.15) is 114 Å². The van der Waals surface area contributed by atoms with Gasteiger partial charge >= 0.3 is 0 Å². The summed E-state index contributed by atoms with van der Waals surface area (Å²) in [4.78, 5) is 0. The summed E-state index contributed by atoms with van der Waals surface area (Å²) in [6, 6.07) is 13.2. The van der Waals surface area contributed by atoms with Gasteiger partial charge in [0.15, 0.2) is 23.3 Å². The first kappa shape index (κ1) is 30.8. The fraction of sp³-hybridized carbons (Fsp3) is 0.526. The lowest BCUT2D eigenvalue weighted by Gasteiger charge is -2.38. The average Bonchev–Trinajstić information content (AvgIpc) is 3.02. The van der Waals surface area contributed by atoms with Crippen molar-refractivity contribution in [2.45, 2.75) is 110 Å². The zero-order valence-electron chi connectivity index (χ0n) is 25.3. The minimum absolute atomic E-state index is 0.0612. The Kier molecular flexibility index (Phi) is 10.4. The Labute approximate surface area is 249 Å². The highest BCUT2D eigenvalue weighted by atomic mass is 19.2. The normalized spacial score (nSPS) is 22.8. The predicted octanol–water partition coefficient (Wildman–Crippen LogP) is 12.2. The summed E-state index contributed by atoms with van der Waals surface area (Å²) in [5.41, 5.74) is 2.22. The Morgan fingerprint density at radius 2 is 1.10 bits per heavy atom. The van der Waals surface area contributed by atoms with E-state index in [1.807, 2.05) is 6.92 Å². The number of rotatable bonds is 10. The molecule has 226 valence electrons. The lowest BCUT2D eigenvalue weighted by molar-refractivity contribution is 0.155. The van der Waals surface area contributed by atoms with Crippen LogP contribution in [0.25, 0.3) is 22.3 Å². The van der Waals surface area contributed by atoms with Gasteiger partial charge in [0.05, 0.1) is 0 Å². The van der Waals surface area contributed by atoms with E-state index in [0.29, 0.717) is 28.7 Å². The zero-order valence-corrected chi connectivity index (χ0v) is 25.3. The van der Waals surface area contributed by atoms with Crippen molar-refractivity contribution in [2.75, 3.05) is 0 Å². The molecular formula is C38H46F4. The molecule has 42 heavy (non-hydrogen) atoms. The number of hydrogen-bond donors (Lipinski definition) is 0. The van der Waals surface area contributed by atoms with E-state index in [-0.39, 0.29) is 17.0 Å². The summed E-state index contributed by atoms with van der Waals surface area (Å²) >= 11 is 0. The molecule has 0 bridgehead atoms. The number of aryl methyl sites for hydroxylation is 1. The minimum Gasteiger partial charge on any atom is -0.203 e. The van der Waals surface area contributed by atoms with Crippen LogP contribution in [0.15, 0.2) is 48.5 Å². The van der Waals surface area contributed by atoms with Gasteiger partial charge in [-0.05, 0) is 90.9 Å². The summed E-state index contributed by atoms with van der Waals surface area (Å²) in [7, 11) is 0. The molecule has 2 aliphatic carbocycles. The van der Waals surface area contributed by atoms with Crippen LogP contribution in [0.5, 0.6) is 0 Å². The van der Waals surface area contributed by atoms with Crippen LogP contribution in [-0.2, 0) is 6.42 Å². The standard InChI is InChI=1S/C38H46F4/c1-3-5-6-8-25-9-11-26(12-10-25)27-13-15-28(16-14-27)33-23-24-34(38(42)37(33)41)30-19-17-29(18-20-30)32-22-21-31(7-4-2)35(39)36(32)40/h17-28H,3-16H2,1-2H3. The zero-order chi connectivity index (χ0) is 29.6. The Hall–Kier alpha value is -2.62. The van der Waals surface area contributed by atoms with E-state index in [0.717, 1.165) is 49.9 Å². The molecule has 0 amide bonds. The van der Waals surface area contributed by atoms with Crippen molar-refractivity contribution in [3.05, 3.63) is 82.9 Å². The van der Waals surface area contributed by atoms with Crippen molar-refractivity contribution in [3.8, 4) is 22.3 Å². The molecule has 0 aliphatic heterocycles.